The van der Waals surface area contributed by atoms with E-state index in [9.17, 15) is 9.36 Å². The second-order valence-electron chi connectivity index (χ2n) is 10.6. The van der Waals surface area contributed by atoms with Crippen molar-refractivity contribution in [2.45, 2.75) is 33.2 Å². The molecule has 0 radical (unpaired) electrons. The molecule has 1 atom stereocenters. The van der Waals surface area contributed by atoms with Gasteiger partial charge in [-0.2, -0.15) is 9.78 Å². The first-order valence-electron chi connectivity index (χ1n) is 13.6. The second kappa shape index (κ2) is 11.9. The number of hydrogen-bond acceptors (Lipinski definition) is 7. The molecule has 3 N–H and O–H groups in total. The first-order chi connectivity index (χ1) is 19.2. The van der Waals surface area contributed by atoms with Gasteiger partial charge in [-0.3, -0.25) is 9.36 Å². The molecule has 214 valence electrons. The minimum atomic E-state index is -3.29. The van der Waals surface area contributed by atoms with Gasteiger partial charge in [-0.25, -0.2) is 9.76 Å². The summed E-state index contributed by atoms with van der Waals surface area (Å²) < 4.78 is 29.0. The van der Waals surface area contributed by atoms with Gasteiger partial charge in [0.05, 0.1) is 25.1 Å². The summed E-state index contributed by atoms with van der Waals surface area (Å²) in [6, 6.07) is 14.5. The third-order valence-corrected chi connectivity index (χ3v) is 9.92. The molecule has 1 saturated carbocycles. The van der Waals surface area contributed by atoms with Crippen LogP contribution < -0.4 is 26.0 Å². The number of nitrogens with one attached hydrogen (secondary N) is 1. The summed E-state index contributed by atoms with van der Waals surface area (Å²) in [5, 5.41) is 8.13. The van der Waals surface area contributed by atoms with E-state index in [4.69, 9.17) is 26.6 Å². The summed E-state index contributed by atoms with van der Waals surface area (Å²) in [5.74, 6) is 0.269. The molecule has 3 aromatic rings. The van der Waals surface area contributed by atoms with Crippen molar-refractivity contribution in [2.75, 3.05) is 50.0 Å². The van der Waals surface area contributed by atoms with Crippen LogP contribution in [0.4, 0.5) is 11.4 Å². The summed E-state index contributed by atoms with van der Waals surface area (Å²) in [6.45, 7) is 7.15. The maximum Gasteiger partial charge on any atom is 0.343 e. The van der Waals surface area contributed by atoms with Gasteiger partial charge in [-0.15, -0.1) is 0 Å². The lowest BCUT2D eigenvalue weighted by molar-refractivity contribution is 0.240. The van der Waals surface area contributed by atoms with E-state index in [0.717, 1.165) is 18.4 Å². The molecular formula is C28H36ClN6O4P. The number of halogens is 1. The van der Waals surface area contributed by atoms with E-state index in [1.54, 1.807) is 30.5 Å². The van der Waals surface area contributed by atoms with E-state index in [2.05, 4.69) is 22.0 Å². The Kier molecular flexibility index (Phi) is 8.54. The minimum absolute atomic E-state index is 0.0901. The van der Waals surface area contributed by atoms with Crippen LogP contribution in [0.1, 0.15) is 32.3 Å². The number of anilines is 2. The molecular weight excluding hydrogens is 551 g/mol. The number of piperazine rings is 1. The van der Waals surface area contributed by atoms with Gasteiger partial charge in [-0.05, 0) is 55.7 Å². The highest BCUT2D eigenvalue weighted by Gasteiger charge is 2.39. The Morgan fingerprint density at radius 1 is 1.12 bits per heavy atom. The van der Waals surface area contributed by atoms with Crippen LogP contribution in [0.5, 0.6) is 5.75 Å². The first kappa shape index (κ1) is 28.6. The number of nitrogens with zero attached hydrogens (tertiary/aromatic N) is 4. The summed E-state index contributed by atoms with van der Waals surface area (Å²) >= 11 is 6.17. The van der Waals surface area contributed by atoms with Crippen LogP contribution in [0.15, 0.2) is 59.5 Å². The van der Waals surface area contributed by atoms with Crippen LogP contribution in [0.25, 0.3) is 5.69 Å². The highest BCUT2D eigenvalue weighted by Crippen LogP contribution is 2.48. The van der Waals surface area contributed by atoms with Crippen molar-refractivity contribution in [3.63, 3.8) is 0 Å². The number of rotatable bonds is 11. The molecule has 1 aliphatic carbocycles. The predicted molar refractivity (Wildman–Crippen MR) is 158 cm³/mol. The summed E-state index contributed by atoms with van der Waals surface area (Å²) in [4.78, 5) is 15.7. The minimum Gasteiger partial charge on any atom is -0.486 e. The van der Waals surface area contributed by atoms with Gasteiger partial charge >= 0.3 is 13.2 Å². The van der Waals surface area contributed by atoms with Crippen LogP contribution in [0.2, 0.25) is 5.02 Å². The van der Waals surface area contributed by atoms with Crippen LogP contribution >= 0.6 is 19.3 Å². The third-order valence-electron chi connectivity index (χ3n) is 7.37. The zero-order valence-electron chi connectivity index (χ0n) is 22.9. The van der Waals surface area contributed by atoms with E-state index in [1.165, 1.54) is 4.68 Å². The van der Waals surface area contributed by atoms with Crippen LogP contribution in [-0.4, -0.2) is 53.8 Å². The maximum absolute atomic E-state index is 13.9. The summed E-state index contributed by atoms with van der Waals surface area (Å²) in [7, 11) is -3.29. The van der Waals surface area contributed by atoms with Crippen molar-refractivity contribution in [3.8, 4) is 11.4 Å². The SMILES string of the molecule is CCOP(=O)(NCc1ccc(N)cc1)N1CCN(c2cnn(-c3cccc(Cl)c3)c(=O)c2OCC2(C)CC2)CC1. The number of benzene rings is 2. The third kappa shape index (κ3) is 6.53. The van der Waals surface area contributed by atoms with E-state index >= 15 is 0 Å². The van der Waals surface area contributed by atoms with Crippen molar-refractivity contribution in [1.29, 1.82) is 0 Å². The molecule has 1 unspecified atom stereocenters. The molecule has 5 rings (SSSR count). The fourth-order valence-electron chi connectivity index (χ4n) is 4.62. The van der Waals surface area contributed by atoms with Gasteiger partial charge in [0.25, 0.3) is 0 Å². The van der Waals surface area contributed by atoms with Crippen molar-refractivity contribution >= 4 is 30.6 Å². The molecule has 1 saturated heterocycles. The smallest absolute Gasteiger partial charge is 0.343 e. The molecule has 40 heavy (non-hydrogen) atoms. The molecule has 2 fully saturated rings. The molecule has 2 heterocycles. The number of hydrogen-bond donors (Lipinski definition) is 2. The van der Waals surface area contributed by atoms with E-state index in [-0.39, 0.29) is 16.7 Å². The number of ether oxygens (including phenoxy) is 1. The van der Waals surface area contributed by atoms with Crippen molar-refractivity contribution < 1.29 is 13.8 Å². The zero-order chi connectivity index (χ0) is 28.3. The lowest BCUT2D eigenvalue weighted by atomic mass is 10.2. The Bertz CT molecular complexity index is 1440. The normalized spacial score (nSPS) is 18.3. The average molecular weight is 587 g/mol. The predicted octanol–water partition coefficient (Wildman–Crippen LogP) is 4.70. The van der Waals surface area contributed by atoms with Crippen molar-refractivity contribution in [2.24, 2.45) is 5.41 Å². The zero-order valence-corrected chi connectivity index (χ0v) is 24.5. The molecule has 10 nitrogen and oxygen atoms in total. The van der Waals surface area contributed by atoms with Gasteiger partial charge in [0.1, 0.15) is 5.69 Å². The topological polar surface area (TPSA) is 115 Å². The van der Waals surface area contributed by atoms with Crippen LogP contribution in [-0.2, 0) is 15.6 Å². The number of nitrogen functional groups attached to an aromatic ring is 1. The molecule has 0 bridgehead atoms. The van der Waals surface area contributed by atoms with Gasteiger partial charge in [0.2, 0.25) is 5.75 Å². The number of nitrogens with two attached hydrogens (primary N) is 1. The highest BCUT2D eigenvalue weighted by molar-refractivity contribution is 7.54. The summed E-state index contributed by atoms with van der Waals surface area (Å²) in [5.41, 5.74) is 8.39. The van der Waals surface area contributed by atoms with Gasteiger partial charge in [0.15, 0.2) is 0 Å². The monoisotopic (exact) mass is 586 g/mol. The first-order valence-corrected chi connectivity index (χ1v) is 15.5. The fraction of sp³-hybridized carbons (Fsp3) is 0.429. The number of aromatic nitrogens is 2. The van der Waals surface area contributed by atoms with Gasteiger partial charge in [0, 0.05) is 48.8 Å². The molecule has 1 aromatic heterocycles. The fourth-order valence-corrected chi connectivity index (χ4v) is 6.69. The van der Waals surface area contributed by atoms with Crippen molar-refractivity contribution in [3.05, 3.63) is 75.7 Å². The molecule has 12 heteroatoms. The van der Waals surface area contributed by atoms with Gasteiger partial charge < -0.3 is 19.9 Å². The molecule has 0 amide bonds. The van der Waals surface area contributed by atoms with Crippen molar-refractivity contribution in [1.82, 2.24) is 19.5 Å². The second-order valence-corrected chi connectivity index (χ2v) is 13.2. The molecule has 0 spiro atoms. The Morgan fingerprint density at radius 2 is 1.85 bits per heavy atom. The average Bonchev–Trinajstić information content (AvgIpc) is 3.69. The highest BCUT2D eigenvalue weighted by atomic mass is 35.5. The summed E-state index contributed by atoms with van der Waals surface area (Å²) in [6.07, 6.45) is 3.82. The Labute approximate surface area is 239 Å². The Morgan fingerprint density at radius 3 is 2.50 bits per heavy atom. The lowest BCUT2D eigenvalue weighted by Crippen LogP contribution is -2.47. The van der Waals surface area contributed by atoms with E-state index in [1.807, 2.05) is 35.9 Å². The molecule has 2 aliphatic rings. The van der Waals surface area contributed by atoms with Crippen LogP contribution in [0, 0.1) is 5.41 Å². The van der Waals surface area contributed by atoms with Gasteiger partial charge in [-0.1, -0.05) is 36.7 Å². The van der Waals surface area contributed by atoms with E-state index in [0.29, 0.717) is 68.0 Å². The largest absolute Gasteiger partial charge is 0.486 e. The molecule has 1 aliphatic heterocycles. The van der Waals surface area contributed by atoms with E-state index < -0.39 is 7.67 Å². The Hall–Kier alpha value is -2.88. The molecule has 2 aromatic carbocycles. The standard InChI is InChI=1S/C28H36ClN6O4P/c1-3-39-40(37,32-18-21-7-9-23(30)10-8-21)34-15-13-33(14-16-34)25-19-31-35(24-6-4-5-22(29)17-24)27(36)26(25)38-20-28(2)11-12-28/h4-10,17,19H,3,11-16,18,20,30H2,1-2H3,(H,32,37). The maximum atomic E-state index is 13.9. The Balaban J connectivity index is 1.34. The lowest BCUT2D eigenvalue weighted by Gasteiger charge is -2.39. The van der Waals surface area contributed by atoms with Crippen LogP contribution in [0.3, 0.4) is 0 Å². The quantitative estimate of drug-likeness (QED) is 0.244.